The first kappa shape index (κ1) is 29.0. The molecule has 0 aliphatic heterocycles. The molecule has 178 valence electrons. The lowest BCUT2D eigenvalue weighted by molar-refractivity contribution is -0.128. The minimum absolute atomic E-state index is 0.0716. The number of carbonyl (C=O) groups excluding carboxylic acids is 2. The summed E-state index contributed by atoms with van der Waals surface area (Å²) < 4.78 is 21.7. The molecule has 0 rings (SSSR count). The molecular weight excluding hydrogens is 386 g/mol. The van der Waals surface area contributed by atoms with Crippen molar-refractivity contribution in [2.45, 2.75) is 67.2 Å². The molecule has 0 atom stereocenters. The van der Waals surface area contributed by atoms with Gasteiger partial charge in [0.15, 0.2) is 0 Å². The average molecular weight is 432 g/mol. The quantitative estimate of drug-likeness (QED) is 0.316. The van der Waals surface area contributed by atoms with Gasteiger partial charge in [0.1, 0.15) is 5.78 Å². The Labute approximate surface area is 183 Å². The molecule has 0 unspecified atom stereocenters. The molecule has 0 bridgehead atoms. The summed E-state index contributed by atoms with van der Waals surface area (Å²) in [4.78, 5) is 23.6. The van der Waals surface area contributed by atoms with E-state index in [-0.39, 0.29) is 22.5 Å². The fraction of sp³-hybridized carbons (Fsp3) is 0.913. The average Bonchev–Trinajstić information content (AvgIpc) is 2.68. The minimum Gasteiger partial charge on any atom is -0.379 e. The van der Waals surface area contributed by atoms with Crippen LogP contribution in [0.15, 0.2) is 0 Å². The first-order valence-corrected chi connectivity index (χ1v) is 11.2. The zero-order valence-corrected chi connectivity index (χ0v) is 20.1. The van der Waals surface area contributed by atoms with Gasteiger partial charge in [-0.25, -0.2) is 0 Å². The molecule has 0 fully saturated rings. The predicted octanol–water partition coefficient (Wildman–Crippen LogP) is 3.39. The Morgan fingerprint density at radius 1 is 0.700 bits per heavy atom. The van der Waals surface area contributed by atoms with Gasteiger partial charge in [0.05, 0.1) is 52.9 Å². The van der Waals surface area contributed by atoms with E-state index >= 15 is 0 Å². The zero-order valence-electron chi connectivity index (χ0n) is 20.1. The summed E-state index contributed by atoms with van der Waals surface area (Å²) in [6, 6.07) is 0. The molecule has 1 amide bonds. The third-order valence-electron chi connectivity index (χ3n) is 4.90. The first-order valence-electron chi connectivity index (χ1n) is 11.2. The maximum absolute atomic E-state index is 11.9. The summed E-state index contributed by atoms with van der Waals surface area (Å²) in [5.41, 5.74) is -0.0883. The highest BCUT2D eigenvalue weighted by molar-refractivity contribution is 5.84. The van der Waals surface area contributed by atoms with Crippen LogP contribution in [0.3, 0.4) is 0 Å². The minimum atomic E-state index is -0.263. The second kappa shape index (κ2) is 16.6. The molecule has 0 aromatic carbocycles. The highest BCUT2D eigenvalue weighted by atomic mass is 16.6. The van der Waals surface area contributed by atoms with E-state index in [4.69, 9.17) is 18.9 Å². The Hall–Kier alpha value is -1.02. The molecule has 1 N–H and O–H groups in total. The number of ether oxygens (including phenoxy) is 4. The molecule has 0 radical (unpaired) electrons. The number of nitrogens with one attached hydrogen (secondary N) is 1. The van der Waals surface area contributed by atoms with Crippen LogP contribution in [0, 0.1) is 10.8 Å². The summed E-state index contributed by atoms with van der Waals surface area (Å²) in [6.45, 7) is 16.7. The van der Waals surface area contributed by atoms with E-state index in [2.05, 4.69) is 26.1 Å². The van der Waals surface area contributed by atoms with E-state index < -0.39 is 0 Å². The third kappa shape index (κ3) is 17.8. The van der Waals surface area contributed by atoms with E-state index in [9.17, 15) is 9.59 Å². The largest absolute Gasteiger partial charge is 0.379 e. The van der Waals surface area contributed by atoms with E-state index in [0.717, 1.165) is 12.8 Å². The van der Waals surface area contributed by atoms with E-state index in [1.54, 1.807) is 0 Å². The van der Waals surface area contributed by atoms with E-state index in [0.29, 0.717) is 72.2 Å². The molecule has 0 aliphatic carbocycles. The third-order valence-corrected chi connectivity index (χ3v) is 4.90. The van der Waals surface area contributed by atoms with Gasteiger partial charge in [0.25, 0.3) is 0 Å². The second-order valence-electron chi connectivity index (χ2n) is 9.27. The summed E-state index contributed by atoms with van der Waals surface area (Å²) in [7, 11) is 0. The van der Waals surface area contributed by atoms with E-state index in [1.165, 1.54) is 0 Å². The fourth-order valence-corrected chi connectivity index (χ4v) is 2.30. The van der Waals surface area contributed by atoms with Crippen LogP contribution in [0.4, 0.5) is 0 Å². The Morgan fingerprint density at radius 2 is 1.17 bits per heavy atom. The molecule has 0 saturated heterocycles. The van der Waals surface area contributed by atoms with Crippen molar-refractivity contribution < 1.29 is 28.5 Å². The molecule has 0 aromatic heterocycles. The highest BCUT2D eigenvalue weighted by Crippen LogP contribution is 2.22. The van der Waals surface area contributed by atoms with Gasteiger partial charge in [-0.05, 0) is 18.3 Å². The number of hydrogen-bond acceptors (Lipinski definition) is 6. The molecule has 0 saturated carbocycles. The summed E-state index contributed by atoms with van der Waals surface area (Å²) in [5.74, 6) is 0.312. The van der Waals surface area contributed by atoms with Gasteiger partial charge in [0.2, 0.25) is 5.91 Å². The maximum atomic E-state index is 11.9. The van der Waals surface area contributed by atoms with Crippen LogP contribution in [-0.4, -0.2) is 71.1 Å². The lowest BCUT2D eigenvalue weighted by Gasteiger charge is -2.20. The van der Waals surface area contributed by atoms with Crippen molar-refractivity contribution in [3.8, 4) is 0 Å². The van der Waals surface area contributed by atoms with Gasteiger partial charge in [-0.1, -0.05) is 41.5 Å². The van der Waals surface area contributed by atoms with Gasteiger partial charge in [-0.2, -0.15) is 0 Å². The Bertz CT molecular complexity index is 459. The van der Waals surface area contributed by atoms with Crippen molar-refractivity contribution in [3.05, 3.63) is 0 Å². The van der Waals surface area contributed by atoms with Gasteiger partial charge in [-0.15, -0.1) is 0 Å². The Morgan fingerprint density at radius 3 is 1.63 bits per heavy atom. The topological polar surface area (TPSA) is 83.1 Å². The molecule has 30 heavy (non-hydrogen) atoms. The van der Waals surface area contributed by atoms with Crippen molar-refractivity contribution in [1.82, 2.24) is 5.32 Å². The van der Waals surface area contributed by atoms with Crippen LogP contribution < -0.4 is 5.32 Å². The Kier molecular flexibility index (Phi) is 16.1. The van der Waals surface area contributed by atoms with Gasteiger partial charge >= 0.3 is 0 Å². The van der Waals surface area contributed by atoms with Crippen LogP contribution in [0.1, 0.15) is 67.2 Å². The number of carbonyl (C=O) groups is 2. The second-order valence-corrected chi connectivity index (χ2v) is 9.27. The SMILES string of the molecule is CCC(C)(C)C(=O)CCOCCOCCOCCOCCNC(=O)CCC(C)(C)C. The summed E-state index contributed by atoms with van der Waals surface area (Å²) in [6.07, 6.45) is 2.71. The van der Waals surface area contributed by atoms with Crippen molar-refractivity contribution >= 4 is 11.7 Å². The van der Waals surface area contributed by atoms with Crippen molar-refractivity contribution in [1.29, 1.82) is 0 Å². The van der Waals surface area contributed by atoms with Gasteiger partial charge in [-0.3, -0.25) is 9.59 Å². The monoisotopic (exact) mass is 431 g/mol. The number of amides is 1. The Balaban J connectivity index is 3.30. The van der Waals surface area contributed by atoms with Crippen LogP contribution in [0.2, 0.25) is 0 Å². The summed E-state index contributed by atoms with van der Waals surface area (Å²) in [5, 5.41) is 2.86. The predicted molar refractivity (Wildman–Crippen MR) is 119 cm³/mol. The molecule has 0 aliphatic rings. The molecular formula is C23H45NO6. The van der Waals surface area contributed by atoms with Crippen LogP contribution in [-0.2, 0) is 28.5 Å². The number of hydrogen-bond donors (Lipinski definition) is 1. The standard InChI is InChI=1S/C23H45NO6/c1-7-23(5,6)20(25)9-12-27-14-16-29-18-19-30-17-15-28-13-11-24-21(26)8-10-22(2,3)4/h7-19H2,1-6H3,(H,24,26). The number of rotatable bonds is 19. The zero-order chi connectivity index (χ0) is 22.9. The normalized spacial score (nSPS) is 12.2. The highest BCUT2D eigenvalue weighted by Gasteiger charge is 2.24. The van der Waals surface area contributed by atoms with E-state index in [1.807, 2.05) is 20.8 Å². The van der Waals surface area contributed by atoms with Crippen molar-refractivity contribution in [2.24, 2.45) is 10.8 Å². The molecule has 7 nitrogen and oxygen atoms in total. The van der Waals surface area contributed by atoms with Crippen LogP contribution >= 0.6 is 0 Å². The van der Waals surface area contributed by atoms with Crippen molar-refractivity contribution in [3.63, 3.8) is 0 Å². The molecule has 7 heteroatoms. The first-order chi connectivity index (χ1) is 14.1. The maximum Gasteiger partial charge on any atom is 0.220 e. The van der Waals surface area contributed by atoms with Gasteiger partial charge in [0, 0.05) is 24.8 Å². The molecule has 0 aromatic rings. The van der Waals surface area contributed by atoms with Crippen LogP contribution in [0.5, 0.6) is 0 Å². The summed E-state index contributed by atoms with van der Waals surface area (Å²) >= 11 is 0. The lowest BCUT2D eigenvalue weighted by atomic mass is 9.84. The molecule has 0 heterocycles. The lowest BCUT2D eigenvalue weighted by Crippen LogP contribution is -2.28. The molecule has 0 spiro atoms. The number of Topliss-reactive ketones (excluding diaryl/α,β-unsaturated/α-hetero) is 1. The van der Waals surface area contributed by atoms with Crippen molar-refractivity contribution in [2.75, 3.05) is 59.4 Å². The fourth-order valence-electron chi connectivity index (χ4n) is 2.30. The number of ketones is 1. The van der Waals surface area contributed by atoms with Crippen LogP contribution in [0.25, 0.3) is 0 Å². The smallest absolute Gasteiger partial charge is 0.220 e. The van der Waals surface area contributed by atoms with Gasteiger partial charge < -0.3 is 24.3 Å².